The summed E-state index contributed by atoms with van der Waals surface area (Å²) in [5.74, 6) is 0.784. The molecule has 2 N–H and O–H groups in total. The third-order valence-electron chi connectivity index (χ3n) is 3.44. The fourth-order valence-corrected chi connectivity index (χ4v) is 2.42. The first kappa shape index (κ1) is 13.5. The van der Waals surface area contributed by atoms with Gasteiger partial charge >= 0.3 is 0 Å². The van der Waals surface area contributed by atoms with Crippen molar-refractivity contribution in [2.24, 2.45) is 4.99 Å². The molecule has 0 aliphatic carbocycles. The highest BCUT2D eigenvalue weighted by molar-refractivity contribution is 6.11. The monoisotopic (exact) mass is 281 g/mol. The molecular weight excluding hydrogens is 262 g/mol. The summed E-state index contributed by atoms with van der Waals surface area (Å²) in [4.78, 5) is 11.2. The number of methoxy groups -OCH3 is 1. The highest BCUT2D eigenvalue weighted by Crippen LogP contribution is 2.24. The number of aromatic nitrogens is 2. The number of rotatable bonds is 5. The van der Waals surface area contributed by atoms with Gasteiger partial charge in [-0.25, -0.2) is 4.99 Å². The molecule has 1 aliphatic rings. The number of aromatic amines is 2. The minimum atomic E-state index is 0.784. The summed E-state index contributed by atoms with van der Waals surface area (Å²) in [5.41, 5.74) is 5.02. The molecule has 21 heavy (non-hydrogen) atoms. The molecule has 0 aromatic carbocycles. The molecule has 4 heteroatoms. The molecule has 108 valence electrons. The number of aliphatic imine (C=N–C) groups is 1. The highest BCUT2D eigenvalue weighted by atomic mass is 16.5. The first-order valence-corrected chi connectivity index (χ1v) is 7.18. The Morgan fingerprint density at radius 3 is 2.90 bits per heavy atom. The summed E-state index contributed by atoms with van der Waals surface area (Å²) in [6, 6.07) is 8.16. The molecule has 0 unspecified atom stereocenters. The minimum absolute atomic E-state index is 0.784. The van der Waals surface area contributed by atoms with Gasteiger partial charge in [-0.15, -0.1) is 0 Å². The Kier molecular flexibility index (Phi) is 3.77. The van der Waals surface area contributed by atoms with Gasteiger partial charge in [-0.3, -0.25) is 0 Å². The van der Waals surface area contributed by atoms with Gasteiger partial charge in [0.15, 0.2) is 0 Å². The van der Waals surface area contributed by atoms with Gasteiger partial charge in [-0.1, -0.05) is 13.3 Å². The standard InChI is InChI=1S/C17H19N3O/c1-3-5-12-7-8-13(19-12)10-16-17(21-2)11-15(20-16)14-6-4-9-18-14/h4,6-11,18-19H,3,5H2,1-2H3/b16-10-. The Morgan fingerprint density at radius 2 is 2.19 bits per heavy atom. The molecule has 2 aromatic rings. The van der Waals surface area contributed by atoms with E-state index in [1.807, 2.05) is 30.5 Å². The molecule has 0 fully saturated rings. The molecule has 0 radical (unpaired) electrons. The first-order valence-electron chi connectivity index (χ1n) is 7.18. The number of nitrogens with zero attached hydrogens (tertiary/aromatic N) is 1. The van der Waals surface area contributed by atoms with Crippen LogP contribution in [0, 0.1) is 0 Å². The second-order valence-electron chi connectivity index (χ2n) is 5.01. The van der Waals surface area contributed by atoms with Crippen LogP contribution >= 0.6 is 0 Å². The number of ether oxygens (including phenoxy) is 1. The summed E-state index contributed by atoms with van der Waals surface area (Å²) in [6.07, 6.45) is 8.06. The maximum atomic E-state index is 5.43. The Morgan fingerprint density at radius 1 is 1.29 bits per heavy atom. The van der Waals surface area contributed by atoms with Crippen LogP contribution in [-0.4, -0.2) is 22.8 Å². The van der Waals surface area contributed by atoms with Gasteiger partial charge in [0.05, 0.1) is 18.5 Å². The molecule has 3 heterocycles. The minimum Gasteiger partial charge on any atom is -0.494 e. The van der Waals surface area contributed by atoms with Crippen molar-refractivity contribution in [1.29, 1.82) is 0 Å². The summed E-state index contributed by atoms with van der Waals surface area (Å²) >= 11 is 0. The van der Waals surface area contributed by atoms with Gasteiger partial charge in [0.1, 0.15) is 11.5 Å². The largest absolute Gasteiger partial charge is 0.494 e. The predicted molar refractivity (Wildman–Crippen MR) is 85.2 cm³/mol. The SMILES string of the molecule is CCCc1ccc(/C=C2\N=C(c3ccc[nH]3)C=C2OC)[nH]1. The molecule has 4 nitrogen and oxygen atoms in total. The lowest BCUT2D eigenvalue weighted by Crippen LogP contribution is -1.93. The number of hydrogen-bond donors (Lipinski definition) is 2. The Bertz CT molecular complexity index is 702. The molecule has 0 saturated heterocycles. The summed E-state index contributed by atoms with van der Waals surface area (Å²) in [5, 5.41) is 0. The predicted octanol–water partition coefficient (Wildman–Crippen LogP) is 3.67. The van der Waals surface area contributed by atoms with Crippen LogP contribution in [0.4, 0.5) is 0 Å². The van der Waals surface area contributed by atoms with Crippen LogP contribution < -0.4 is 0 Å². The second kappa shape index (κ2) is 5.87. The Hall–Kier alpha value is -2.49. The zero-order valence-electron chi connectivity index (χ0n) is 12.3. The summed E-state index contributed by atoms with van der Waals surface area (Å²) in [7, 11) is 1.67. The zero-order valence-corrected chi connectivity index (χ0v) is 12.3. The average Bonchev–Trinajstić information content (AvgIpc) is 3.19. The Balaban J connectivity index is 1.89. The Labute approximate surface area is 124 Å². The van der Waals surface area contributed by atoms with Crippen molar-refractivity contribution in [3.63, 3.8) is 0 Å². The normalized spacial score (nSPS) is 16.2. The second-order valence-corrected chi connectivity index (χ2v) is 5.01. The van der Waals surface area contributed by atoms with E-state index in [1.165, 1.54) is 5.69 Å². The smallest absolute Gasteiger partial charge is 0.146 e. The van der Waals surface area contributed by atoms with Crippen LogP contribution in [0.2, 0.25) is 0 Å². The molecule has 2 aromatic heterocycles. The number of aryl methyl sites for hydroxylation is 1. The number of allylic oxidation sites excluding steroid dienone is 1. The van der Waals surface area contributed by atoms with Gasteiger partial charge in [0, 0.05) is 23.7 Å². The maximum absolute atomic E-state index is 5.43. The molecule has 1 aliphatic heterocycles. The van der Waals surface area contributed by atoms with Gasteiger partial charge in [-0.2, -0.15) is 0 Å². The number of hydrogen-bond acceptors (Lipinski definition) is 2. The fraction of sp³-hybridized carbons (Fsp3) is 0.235. The van der Waals surface area contributed by atoms with E-state index in [9.17, 15) is 0 Å². The van der Waals surface area contributed by atoms with Crippen LogP contribution in [0.5, 0.6) is 0 Å². The molecule has 0 amide bonds. The van der Waals surface area contributed by atoms with Gasteiger partial charge in [0.25, 0.3) is 0 Å². The van der Waals surface area contributed by atoms with Crippen molar-refractivity contribution in [3.05, 3.63) is 65.1 Å². The molecule has 0 bridgehead atoms. The van der Waals surface area contributed by atoms with Crippen LogP contribution in [0.1, 0.15) is 30.4 Å². The van der Waals surface area contributed by atoms with Crippen molar-refractivity contribution in [1.82, 2.24) is 9.97 Å². The third-order valence-corrected chi connectivity index (χ3v) is 3.44. The molecule has 0 saturated carbocycles. The molecule has 0 spiro atoms. The van der Waals surface area contributed by atoms with Gasteiger partial charge < -0.3 is 14.7 Å². The van der Waals surface area contributed by atoms with E-state index in [-0.39, 0.29) is 0 Å². The van der Waals surface area contributed by atoms with Crippen molar-refractivity contribution in [2.45, 2.75) is 19.8 Å². The van der Waals surface area contributed by atoms with E-state index >= 15 is 0 Å². The summed E-state index contributed by atoms with van der Waals surface area (Å²) < 4.78 is 5.43. The summed E-state index contributed by atoms with van der Waals surface area (Å²) in [6.45, 7) is 2.18. The van der Waals surface area contributed by atoms with Crippen LogP contribution in [-0.2, 0) is 11.2 Å². The van der Waals surface area contributed by atoms with Crippen molar-refractivity contribution >= 4 is 11.8 Å². The van der Waals surface area contributed by atoms with Crippen molar-refractivity contribution in [3.8, 4) is 0 Å². The molecular formula is C17H19N3O. The van der Waals surface area contributed by atoms with Crippen LogP contribution in [0.15, 0.2) is 53.0 Å². The van der Waals surface area contributed by atoms with Gasteiger partial charge in [0.2, 0.25) is 0 Å². The van der Waals surface area contributed by atoms with E-state index in [4.69, 9.17) is 4.74 Å². The lowest BCUT2D eigenvalue weighted by molar-refractivity contribution is 0.303. The maximum Gasteiger partial charge on any atom is 0.146 e. The van der Waals surface area contributed by atoms with E-state index < -0.39 is 0 Å². The third kappa shape index (κ3) is 2.84. The topological polar surface area (TPSA) is 53.2 Å². The van der Waals surface area contributed by atoms with Crippen LogP contribution in [0.25, 0.3) is 6.08 Å². The van der Waals surface area contributed by atoms with Crippen molar-refractivity contribution < 1.29 is 4.74 Å². The number of H-pyrrole nitrogens is 2. The lowest BCUT2D eigenvalue weighted by atomic mass is 10.2. The van der Waals surface area contributed by atoms with E-state index in [1.54, 1.807) is 7.11 Å². The zero-order chi connectivity index (χ0) is 14.7. The lowest BCUT2D eigenvalue weighted by Gasteiger charge is -2.00. The highest BCUT2D eigenvalue weighted by Gasteiger charge is 2.17. The first-order chi connectivity index (χ1) is 10.3. The fourth-order valence-electron chi connectivity index (χ4n) is 2.42. The van der Waals surface area contributed by atoms with Crippen molar-refractivity contribution in [2.75, 3.05) is 7.11 Å². The van der Waals surface area contributed by atoms with E-state index in [0.29, 0.717) is 0 Å². The van der Waals surface area contributed by atoms with E-state index in [0.717, 1.165) is 41.4 Å². The number of nitrogens with one attached hydrogen (secondary N) is 2. The van der Waals surface area contributed by atoms with E-state index in [2.05, 4.69) is 34.0 Å². The van der Waals surface area contributed by atoms with Crippen LogP contribution in [0.3, 0.4) is 0 Å². The van der Waals surface area contributed by atoms with Gasteiger partial charge in [-0.05, 0) is 36.8 Å². The molecule has 0 atom stereocenters. The average molecular weight is 281 g/mol. The molecule has 3 rings (SSSR count). The quantitative estimate of drug-likeness (QED) is 0.863.